The molecule has 7 heteroatoms. The lowest BCUT2D eigenvalue weighted by molar-refractivity contribution is 0.0954. The lowest BCUT2D eigenvalue weighted by Crippen LogP contribution is -2.28. The fourth-order valence-electron chi connectivity index (χ4n) is 2.25. The summed E-state index contributed by atoms with van der Waals surface area (Å²) < 4.78 is 26.8. The van der Waals surface area contributed by atoms with E-state index in [1.54, 1.807) is 0 Å². The standard InChI is InChI=1S/C19H25N3O3S/c1-14(2)13-22-26(24,25)18-9-5-16(6-10-18)19(23)21-12-11-15-3-7-17(20)8-4-15/h3-10,14,22H,11-13,20H2,1-2H3,(H,21,23). The predicted octanol–water partition coefficient (Wildman–Crippen LogP) is 2.18. The summed E-state index contributed by atoms with van der Waals surface area (Å²) in [6, 6.07) is 13.4. The molecule has 0 atom stereocenters. The number of hydrogen-bond donors (Lipinski definition) is 3. The second-order valence-electron chi connectivity index (χ2n) is 6.52. The van der Waals surface area contributed by atoms with E-state index in [9.17, 15) is 13.2 Å². The van der Waals surface area contributed by atoms with Gasteiger partial charge in [0.1, 0.15) is 0 Å². The average molecular weight is 375 g/mol. The molecule has 6 nitrogen and oxygen atoms in total. The molecule has 0 saturated heterocycles. The van der Waals surface area contributed by atoms with Crippen molar-refractivity contribution >= 4 is 21.6 Å². The lowest BCUT2D eigenvalue weighted by atomic mass is 10.1. The first kappa shape index (κ1) is 19.9. The van der Waals surface area contributed by atoms with E-state index in [0.29, 0.717) is 30.8 Å². The Morgan fingerprint density at radius 2 is 1.65 bits per heavy atom. The van der Waals surface area contributed by atoms with Crippen LogP contribution in [-0.2, 0) is 16.4 Å². The summed E-state index contributed by atoms with van der Waals surface area (Å²) in [6.45, 7) is 4.72. The van der Waals surface area contributed by atoms with Gasteiger partial charge in [0.15, 0.2) is 0 Å². The van der Waals surface area contributed by atoms with Gasteiger partial charge in [-0.15, -0.1) is 0 Å². The fraction of sp³-hybridized carbons (Fsp3) is 0.316. The zero-order valence-corrected chi connectivity index (χ0v) is 15.8. The highest BCUT2D eigenvalue weighted by molar-refractivity contribution is 7.89. The predicted molar refractivity (Wildman–Crippen MR) is 103 cm³/mol. The summed E-state index contributed by atoms with van der Waals surface area (Å²) >= 11 is 0. The van der Waals surface area contributed by atoms with Gasteiger partial charge in [-0.3, -0.25) is 4.79 Å². The van der Waals surface area contributed by atoms with Crippen molar-refractivity contribution in [1.29, 1.82) is 0 Å². The van der Waals surface area contributed by atoms with Crippen LogP contribution in [0.2, 0.25) is 0 Å². The molecule has 0 spiro atoms. The van der Waals surface area contributed by atoms with Gasteiger partial charge in [-0.25, -0.2) is 13.1 Å². The SMILES string of the molecule is CC(C)CNS(=O)(=O)c1ccc(C(=O)NCCc2ccc(N)cc2)cc1. The quantitative estimate of drug-likeness (QED) is 0.616. The van der Waals surface area contributed by atoms with Gasteiger partial charge >= 0.3 is 0 Å². The number of carbonyl (C=O) groups is 1. The minimum absolute atomic E-state index is 0.150. The Labute approximate surface area is 154 Å². The fourth-order valence-corrected chi connectivity index (χ4v) is 3.47. The van der Waals surface area contributed by atoms with Crippen LogP contribution in [0.5, 0.6) is 0 Å². The number of nitrogen functional groups attached to an aromatic ring is 1. The molecule has 2 rings (SSSR count). The van der Waals surface area contributed by atoms with Gasteiger partial charge in [0.05, 0.1) is 4.90 Å². The molecule has 2 aromatic rings. The maximum Gasteiger partial charge on any atom is 0.251 e. The Balaban J connectivity index is 1.90. The zero-order chi connectivity index (χ0) is 19.2. The van der Waals surface area contributed by atoms with E-state index in [1.165, 1.54) is 24.3 Å². The van der Waals surface area contributed by atoms with Crippen molar-refractivity contribution in [2.45, 2.75) is 25.2 Å². The van der Waals surface area contributed by atoms with Crippen LogP contribution < -0.4 is 15.8 Å². The molecular weight excluding hydrogens is 350 g/mol. The third-order valence-electron chi connectivity index (χ3n) is 3.79. The number of anilines is 1. The van der Waals surface area contributed by atoms with Crippen LogP contribution in [0.3, 0.4) is 0 Å². The molecule has 140 valence electrons. The van der Waals surface area contributed by atoms with E-state index >= 15 is 0 Å². The first-order chi connectivity index (χ1) is 12.3. The van der Waals surface area contributed by atoms with Crippen molar-refractivity contribution in [2.75, 3.05) is 18.8 Å². The number of nitrogens with one attached hydrogen (secondary N) is 2. The Morgan fingerprint density at radius 3 is 2.23 bits per heavy atom. The van der Waals surface area contributed by atoms with Gasteiger partial charge in [0.2, 0.25) is 10.0 Å². The number of sulfonamides is 1. The van der Waals surface area contributed by atoms with Crippen molar-refractivity contribution in [2.24, 2.45) is 5.92 Å². The second kappa shape index (κ2) is 8.82. The molecule has 1 amide bonds. The molecule has 0 aliphatic rings. The van der Waals surface area contributed by atoms with Crippen molar-refractivity contribution < 1.29 is 13.2 Å². The maximum atomic E-state index is 12.2. The van der Waals surface area contributed by atoms with Crippen molar-refractivity contribution in [1.82, 2.24) is 10.0 Å². The van der Waals surface area contributed by atoms with Crippen LogP contribution in [0.1, 0.15) is 29.8 Å². The van der Waals surface area contributed by atoms with Crippen molar-refractivity contribution in [3.63, 3.8) is 0 Å². The van der Waals surface area contributed by atoms with Gasteiger partial charge in [-0.05, 0) is 54.3 Å². The van der Waals surface area contributed by atoms with E-state index in [1.807, 2.05) is 38.1 Å². The maximum absolute atomic E-state index is 12.2. The van der Waals surface area contributed by atoms with Crippen LogP contribution in [-0.4, -0.2) is 27.4 Å². The number of benzene rings is 2. The zero-order valence-electron chi connectivity index (χ0n) is 15.0. The average Bonchev–Trinajstić information content (AvgIpc) is 2.62. The van der Waals surface area contributed by atoms with Gasteiger partial charge in [-0.1, -0.05) is 26.0 Å². The summed E-state index contributed by atoms with van der Waals surface area (Å²) in [5.74, 6) is -0.0181. The minimum Gasteiger partial charge on any atom is -0.399 e. The van der Waals surface area contributed by atoms with Crippen molar-refractivity contribution in [3.8, 4) is 0 Å². The molecule has 0 radical (unpaired) electrons. The van der Waals surface area contributed by atoms with Crippen LogP contribution >= 0.6 is 0 Å². The number of nitrogens with two attached hydrogens (primary N) is 1. The molecule has 0 heterocycles. The topological polar surface area (TPSA) is 101 Å². The summed E-state index contributed by atoms with van der Waals surface area (Å²) in [5, 5.41) is 2.83. The van der Waals surface area contributed by atoms with Crippen molar-refractivity contribution in [3.05, 3.63) is 59.7 Å². The normalized spacial score (nSPS) is 11.5. The van der Waals surface area contributed by atoms with Gasteiger partial charge in [0.25, 0.3) is 5.91 Å². The molecule has 0 aliphatic carbocycles. The Kier molecular flexibility index (Phi) is 6.76. The van der Waals surface area contributed by atoms with Gasteiger partial charge < -0.3 is 11.1 Å². The smallest absolute Gasteiger partial charge is 0.251 e. The van der Waals surface area contributed by atoms with Crippen LogP contribution in [0.4, 0.5) is 5.69 Å². The first-order valence-corrected chi connectivity index (χ1v) is 9.98. The van der Waals surface area contributed by atoms with E-state index in [-0.39, 0.29) is 16.7 Å². The van der Waals surface area contributed by atoms with Crippen LogP contribution in [0.25, 0.3) is 0 Å². The Morgan fingerprint density at radius 1 is 1.04 bits per heavy atom. The third-order valence-corrected chi connectivity index (χ3v) is 5.23. The van der Waals surface area contributed by atoms with E-state index in [2.05, 4.69) is 10.0 Å². The second-order valence-corrected chi connectivity index (χ2v) is 8.28. The lowest BCUT2D eigenvalue weighted by Gasteiger charge is -2.10. The molecule has 2 aromatic carbocycles. The largest absolute Gasteiger partial charge is 0.399 e. The molecule has 4 N–H and O–H groups in total. The summed E-state index contributed by atoms with van der Waals surface area (Å²) in [7, 11) is -3.55. The van der Waals surface area contributed by atoms with Crippen LogP contribution in [0.15, 0.2) is 53.4 Å². The number of carbonyl (C=O) groups excluding carboxylic acids is 1. The molecule has 0 saturated carbocycles. The van der Waals surface area contributed by atoms with Crippen LogP contribution in [0, 0.1) is 5.92 Å². The van der Waals surface area contributed by atoms with Gasteiger partial charge in [0, 0.05) is 24.3 Å². The first-order valence-electron chi connectivity index (χ1n) is 8.50. The monoisotopic (exact) mass is 375 g/mol. The van der Waals surface area contributed by atoms with Gasteiger partial charge in [-0.2, -0.15) is 0 Å². The number of hydrogen-bond acceptors (Lipinski definition) is 4. The van der Waals surface area contributed by atoms with E-state index in [4.69, 9.17) is 5.73 Å². The molecule has 26 heavy (non-hydrogen) atoms. The highest BCUT2D eigenvalue weighted by Crippen LogP contribution is 2.11. The Bertz CT molecular complexity index is 829. The molecule has 0 unspecified atom stereocenters. The Hall–Kier alpha value is -2.38. The van der Waals surface area contributed by atoms with E-state index < -0.39 is 10.0 Å². The molecule has 0 fully saturated rings. The number of rotatable bonds is 8. The highest BCUT2D eigenvalue weighted by atomic mass is 32.2. The summed E-state index contributed by atoms with van der Waals surface area (Å²) in [5.41, 5.74) is 7.85. The minimum atomic E-state index is -3.55. The highest BCUT2D eigenvalue weighted by Gasteiger charge is 2.15. The molecule has 0 aliphatic heterocycles. The summed E-state index contributed by atoms with van der Waals surface area (Å²) in [4.78, 5) is 12.3. The molecule has 0 bridgehead atoms. The summed E-state index contributed by atoms with van der Waals surface area (Å²) in [6.07, 6.45) is 0.692. The van der Waals surface area contributed by atoms with E-state index in [0.717, 1.165) is 5.56 Å². The molecule has 0 aromatic heterocycles. The third kappa shape index (κ3) is 5.86. The molecular formula is C19H25N3O3S. The number of amides is 1.